The highest BCUT2D eigenvalue weighted by Gasteiger charge is 2.25. The second-order valence-electron chi connectivity index (χ2n) is 8.12. The van der Waals surface area contributed by atoms with Crippen LogP contribution >= 0.6 is 23.7 Å². The summed E-state index contributed by atoms with van der Waals surface area (Å²) in [6, 6.07) is 10.5. The minimum atomic E-state index is -3.78. The fourth-order valence-electron chi connectivity index (χ4n) is 3.48. The Balaban J connectivity index is 0.00000456. The number of anilines is 1. The van der Waals surface area contributed by atoms with E-state index in [1.165, 1.54) is 63.0 Å². The van der Waals surface area contributed by atoms with Gasteiger partial charge in [0.25, 0.3) is 5.91 Å². The van der Waals surface area contributed by atoms with E-state index in [1.54, 1.807) is 12.1 Å². The molecule has 0 fully saturated rings. The molecule has 0 aliphatic heterocycles. The first-order valence-electron chi connectivity index (χ1n) is 11.0. The summed E-state index contributed by atoms with van der Waals surface area (Å²) in [5.41, 5.74) is 0.538. The molecular weight excluding hydrogens is 523 g/mol. The van der Waals surface area contributed by atoms with Crippen LogP contribution < -0.4 is 4.90 Å². The van der Waals surface area contributed by atoms with E-state index in [1.807, 2.05) is 19.0 Å². The Morgan fingerprint density at radius 1 is 1.06 bits per heavy atom. The van der Waals surface area contributed by atoms with Gasteiger partial charge in [0.05, 0.1) is 9.60 Å². The summed E-state index contributed by atoms with van der Waals surface area (Å²) >= 11 is 1.24. The Morgan fingerprint density at radius 3 is 2.25 bits per heavy atom. The van der Waals surface area contributed by atoms with Crippen molar-refractivity contribution in [2.75, 3.05) is 45.2 Å². The molecule has 0 radical (unpaired) electrons. The summed E-state index contributed by atoms with van der Waals surface area (Å²) in [4.78, 5) is 21.5. The molecule has 3 rings (SSSR count). The maximum atomic E-state index is 14.2. The molecule has 0 aliphatic rings. The Hall–Kier alpha value is -2.63. The van der Waals surface area contributed by atoms with Crippen LogP contribution in [0.3, 0.4) is 0 Å². The van der Waals surface area contributed by atoms with Crippen molar-refractivity contribution in [3.8, 4) is 0 Å². The maximum Gasteiger partial charge on any atom is 0.260 e. The SMILES string of the molecule is C=CCN(CC=C)S(=O)(=O)c1ccc(C(=O)N(CCCN(C)C)c2nc3c(F)cccc3s2)cc1.Cl. The van der Waals surface area contributed by atoms with E-state index in [0.29, 0.717) is 28.4 Å². The van der Waals surface area contributed by atoms with E-state index >= 15 is 0 Å². The number of rotatable bonds is 12. The van der Waals surface area contributed by atoms with Gasteiger partial charge < -0.3 is 4.90 Å². The first kappa shape index (κ1) is 29.6. The molecule has 0 aliphatic carbocycles. The first-order valence-corrected chi connectivity index (χ1v) is 13.3. The number of fused-ring (bicyclic) bond motifs is 1. The molecule has 0 atom stereocenters. The van der Waals surface area contributed by atoms with Gasteiger partial charge in [0, 0.05) is 25.2 Å². The van der Waals surface area contributed by atoms with E-state index in [-0.39, 0.29) is 41.8 Å². The van der Waals surface area contributed by atoms with Crippen LogP contribution in [0.5, 0.6) is 0 Å². The van der Waals surface area contributed by atoms with Crippen LogP contribution in [-0.2, 0) is 10.0 Å². The number of hydrogen-bond donors (Lipinski definition) is 0. The Bertz CT molecular complexity index is 1300. The Kier molecular flexibility index (Phi) is 10.7. The third kappa shape index (κ3) is 6.77. The molecule has 194 valence electrons. The molecule has 0 spiro atoms. The molecule has 0 bridgehead atoms. The van der Waals surface area contributed by atoms with Gasteiger partial charge in [-0.1, -0.05) is 29.6 Å². The minimum absolute atomic E-state index is 0. The smallest absolute Gasteiger partial charge is 0.260 e. The molecule has 1 aromatic heterocycles. The number of para-hydroxylation sites is 1. The van der Waals surface area contributed by atoms with E-state index in [9.17, 15) is 17.6 Å². The average Bonchev–Trinajstić information content (AvgIpc) is 3.26. The molecule has 11 heteroatoms. The van der Waals surface area contributed by atoms with Crippen LogP contribution in [0.15, 0.2) is 72.7 Å². The number of benzene rings is 2. The van der Waals surface area contributed by atoms with Crippen molar-refractivity contribution in [2.24, 2.45) is 0 Å². The fraction of sp³-hybridized carbons (Fsp3) is 0.280. The zero-order valence-electron chi connectivity index (χ0n) is 20.3. The van der Waals surface area contributed by atoms with Gasteiger partial charge in [-0.2, -0.15) is 4.31 Å². The van der Waals surface area contributed by atoms with Crippen molar-refractivity contribution in [1.29, 1.82) is 0 Å². The summed E-state index contributed by atoms with van der Waals surface area (Å²) < 4.78 is 42.1. The number of halogens is 2. The van der Waals surface area contributed by atoms with Crippen LogP contribution in [0.4, 0.5) is 9.52 Å². The van der Waals surface area contributed by atoms with Crippen molar-refractivity contribution < 1.29 is 17.6 Å². The lowest BCUT2D eigenvalue weighted by Gasteiger charge is -2.22. The number of amides is 1. The van der Waals surface area contributed by atoms with Gasteiger partial charge in [-0.05, 0) is 63.5 Å². The van der Waals surface area contributed by atoms with Crippen LogP contribution in [0, 0.1) is 5.82 Å². The lowest BCUT2D eigenvalue weighted by Crippen LogP contribution is -2.33. The van der Waals surface area contributed by atoms with Crippen molar-refractivity contribution in [3.63, 3.8) is 0 Å². The first-order chi connectivity index (χ1) is 16.7. The molecule has 1 amide bonds. The van der Waals surface area contributed by atoms with Crippen molar-refractivity contribution >= 4 is 55.0 Å². The van der Waals surface area contributed by atoms with Gasteiger partial charge in [0.15, 0.2) is 5.13 Å². The van der Waals surface area contributed by atoms with E-state index in [0.717, 1.165) is 6.54 Å². The van der Waals surface area contributed by atoms with Crippen LogP contribution in [0.2, 0.25) is 0 Å². The Labute approximate surface area is 222 Å². The highest BCUT2D eigenvalue weighted by atomic mass is 35.5. The van der Waals surface area contributed by atoms with E-state index < -0.39 is 15.8 Å². The molecule has 36 heavy (non-hydrogen) atoms. The van der Waals surface area contributed by atoms with Crippen LogP contribution in [0.25, 0.3) is 10.2 Å². The molecule has 3 aromatic rings. The van der Waals surface area contributed by atoms with Gasteiger partial charge in [-0.25, -0.2) is 17.8 Å². The number of carbonyl (C=O) groups is 1. The normalized spacial score (nSPS) is 11.5. The van der Waals surface area contributed by atoms with Gasteiger partial charge in [-0.15, -0.1) is 25.6 Å². The molecule has 1 heterocycles. The zero-order valence-corrected chi connectivity index (χ0v) is 22.7. The van der Waals surface area contributed by atoms with Crippen LogP contribution in [0.1, 0.15) is 16.8 Å². The van der Waals surface area contributed by atoms with Gasteiger partial charge in [0.2, 0.25) is 10.0 Å². The molecular formula is C25H30ClFN4O3S2. The third-order valence-corrected chi connectivity index (χ3v) is 8.12. The number of thiazole rings is 1. The molecule has 7 nitrogen and oxygen atoms in total. The monoisotopic (exact) mass is 552 g/mol. The lowest BCUT2D eigenvalue weighted by atomic mass is 10.2. The average molecular weight is 553 g/mol. The molecule has 0 saturated carbocycles. The van der Waals surface area contributed by atoms with Crippen molar-refractivity contribution in [1.82, 2.24) is 14.2 Å². The second-order valence-corrected chi connectivity index (χ2v) is 11.1. The molecule has 0 saturated heterocycles. The third-order valence-electron chi connectivity index (χ3n) is 5.23. The highest BCUT2D eigenvalue weighted by Crippen LogP contribution is 2.31. The molecule has 0 N–H and O–H groups in total. The summed E-state index contributed by atoms with van der Waals surface area (Å²) in [6.45, 7) is 8.64. The topological polar surface area (TPSA) is 73.8 Å². The zero-order chi connectivity index (χ0) is 25.6. The predicted molar refractivity (Wildman–Crippen MR) is 147 cm³/mol. The number of nitrogens with zero attached hydrogens (tertiary/aromatic N) is 4. The Morgan fingerprint density at radius 2 is 1.69 bits per heavy atom. The second kappa shape index (κ2) is 13.1. The minimum Gasteiger partial charge on any atom is -0.309 e. The maximum absolute atomic E-state index is 14.2. The fourth-order valence-corrected chi connectivity index (χ4v) is 5.87. The summed E-state index contributed by atoms with van der Waals surface area (Å²) in [5.74, 6) is -0.773. The van der Waals surface area contributed by atoms with Crippen LogP contribution in [-0.4, -0.2) is 68.8 Å². The van der Waals surface area contributed by atoms with Crippen molar-refractivity contribution in [2.45, 2.75) is 11.3 Å². The predicted octanol–water partition coefficient (Wildman–Crippen LogP) is 4.82. The summed E-state index contributed by atoms with van der Waals surface area (Å²) in [7, 11) is 0.112. The lowest BCUT2D eigenvalue weighted by molar-refractivity contribution is 0.0986. The van der Waals surface area contributed by atoms with E-state index in [2.05, 4.69) is 18.1 Å². The van der Waals surface area contributed by atoms with Crippen molar-refractivity contribution in [3.05, 3.63) is 79.2 Å². The highest BCUT2D eigenvalue weighted by molar-refractivity contribution is 7.89. The summed E-state index contributed by atoms with van der Waals surface area (Å²) in [6.07, 6.45) is 3.69. The van der Waals surface area contributed by atoms with E-state index in [4.69, 9.17) is 0 Å². The molecule has 0 unspecified atom stereocenters. The number of sulfonamides is 1. The number of hydrogen-bond acceptors (Lipinski definition) is 6. The largest absolute Gasteiger partial charge is 0.309 e. The van der Waals surface area contributed by atoms with Gasteiger partial charge >= 0.3 is 0 Å². The quantitative estimate of drug-likeness (QED) is 0.301. The van der Waals surface area contributed by atoms with Gasteiger partial charge in [-0.3, -0.25) is 9.69 Å². The molecule has 2 aromatic carbocycles. The number of carbonyl (C=O) groups excluding carboxylic acids is 1. The number of aromatic nitrogens is 1. The standard InChI is InChI=1S/C25H29FN4O3S2.ClH/c1-5-15-29(16-6-2)35(32,33)20-13-11-19(12-14-20)24(31)30(18-8-17-28(3)4)25-27-23-21(26)9-7-10-22(23)34-25;/h5-7,9-14H,1-2,8,15-18H2,3-4H3;1H. The van der Waals surface area contributed by atoms with Gasteiger partial charge in [0.1, 0.15) is 11.3 Å². The summed E-state index contributed by atoms with van der Waals surface area (Å²) in [5, 5.41) is 0.397.